The maximum absolute atomic E-state index is 14.6. The number of H-pyrrole nitrogens is 1. The van der Waals surface area contributed by atoms with Crippen LogP contribution in [0.4, 0.5) is 0 Å². The number of hydrogen-bond donors (Lipinski definition) is 13. The van der Waals surface area contributed by atoms with E-state index < -0.39 is 95.1 Å². The van der Waals surface area contributed by atoms with E-state index in [4.69, 9.17) is 28.8 Å². The first-order chi connectivity index (χ1) is 38.5. The lowest BCUT2D eigenvalue weighted by Gasteiger charge is -2.27. The molecule has 7 atom stereocenters. The molecular weight excluding hydrogens is 1080 g/mol. The number of rotatable bonds is 29. The third kappa shape index (κ3) is 16.3. The largest absolute Gasteiger partial charge is 0.368 e. The molecule has 8 amide bonds. The van der Waals surface area contributed by atoms with Gasteiger partial charge in [0.2, 0.25) is 47.3 Å². The highest BCUT2D eigenvalue weighted by Crippen LogP contribution is 2.36. The summed E-state index contributed by atoms with van der Waals surface area (Å²) in [5, 5.41) is 22.2. The van der Waals surface area contributed by atoms with Crippen molar-refractivity contribution in [1.82, 2.24) is 47.2 Å². The fourth-order valence-corrected chi connectivity index (χ4v) is 9.91. The summed E-state index contributed by atoms with van der Waals surface area (Å²) in [7, 11) is 0. The van der Waals surface area contributed by atoms with Crippen LogP contribution in [0.2, 0.25) is 5.02 Å². The maximum Gasteiger partial charge on any atom is 0.246 e. The number of nitrogens with one attached hydrogen (secondary N) is 8. The van der Waals surface area contributed by atoms with E-state index in [1.165, 1.54) is 6.20 Å². The second-order valence-electron chi connectivity index (χ2n) is 19.9. The standard InChI is InChI=1S/C57H67ClN12O8S2/c58-40-15-5-3-13-37(40)27-41(60)50(72)65-45(26-34-10-9-23-62-29-34)52(74)67-47(31-79)54(76)66-46(28-38-30-63-42-16-6-4-14-39(38)42)53(75)64-43(17-7-8-22-59)51(73)68-48(32-80)55(77)70-57(20-21-57)56(78)69-44(49(61)71)25-33-18-19-35-11-1-2-12-36(35)24-33/h1-6,9-16,18-19,23-24,29-30,41,43-48,63,79-80H,7-8,17,20-22,25-28,31-32,59-60H2,(H2,61,71)(H,64,75)(H,65,72)(H,66,76)(H,67,74)(H,68,73)(H,69,78)(H,70,77)/t41-,43+,44+,45+,46-,47-,48-/m1/s1. The molecule has 1 saturated carbocycles. The summed E-state index contributed by atoms with van der Waals surface area (Å²) in [5.41, 5.74) is 19.9. The van der Waals surface area contributed by atoms with E-state index in [2.05, 4.69) is 72.4 Å². The number of benzene rings is 4. The SMILES string of the molecule is NCCCC[C@H](NC(=O)[C@@H](Cc1c[nH]c2ccccc12)NC(=O)[C@@H](CS)NC(=O)[C@H](Cc1cccnc1)NC(=O)[C@H](N)Cc1ccccc1Cl)C(=O)N[C@H](CS)C(=O)NC1(C(=O)N[C@@H](Cc2ccc3ccccc3c2)C(N)=O)CC1. The van der Waals surface area contributed by atoms with Gasteiger partial charge < -0.3 is 59.4 Å². The first-order valence-corrected chi connectivity index (χ1v) is 27.9. The van der Waals surface area contributed by atoms with Gasteiger partial charge in [-0.15, -0.1) is 0 Å². The van der Waals surface area contributed by atoms with E-state index in [1.54, 1.807) is 48.8 Å². The number of hydrogen-bond acceptors (Lipinski definition) is 13. The van der Waals surface area contributed by atoms with Crippen molar-refractivity contribution in [1.29, 1.82) is 0 Å². The summed E-state index contributed by atoms with van der Waals surface area (Å²) in [6, 6.07) is 22.3. The Balaban J connectivity index is 1.04. The predicted molar refractivity (Wildman–Crippen MR) is 312 cm³/mol. The number of fused-ring (bicyclic) bond motifs is 2. The lowest BCUT2D eigenvalue weighted by molar-refractivity contribution is -0.135. The molecule has 2 aromatic heterocycles. The molecule has 422 valence electrons. The van der Waals surface area contributed by atoms with Crippen LogP contribution in [0.1, 0.15) is 54.4 Å². The van der Waals surface area contributed by atoms with Gasteiger partial charge in [-0.2, -0.15) is 25.3 Å². The van der Waals surface area contributed by atoms with Gasteiger partial charge in [-0.05, 0) is 96.3 Å². The number of aromatic nitrogens is 2. The van der Waals surface area contributed by atoms with Gasteiger partial charge in [0.25, 0.3) is 0 Å². The second-order valence-corrected chi connectivity index (χ2v) is 21.0. The number of unbranched alkanes of at least 4 members (excludes halogenated alkanes) is 1. The summed E-state index contributed by atoms with van der Waals surface area (Å²) in [6.07, 6.45) is 6.30. The van der Waals surface area contributed by atoms with Crippen molar-refractivity contribution in [2.24, 2.45) is 17.2 Å². The number of carbonyl (C=O) groups is 8. The number of nitrogens with two attached hydrogens (primary N) is 3. The lowest BCUT2D eigenvalue weighted by Crippen LogP contribution is -2.61. The molecule has 0 spiro atoms. The van der Waals surface area contributed by atoms with Gasteiger partial charge in [0, 0.05) is 65.3 Å². The van der Waals surface area contributed by atoms with Gasteiger partial charge >= 0.3 is 0 Å². The second kappa shape index (κ2) is 28.6. The molecule has 23 heteroatoms. The molecule has 1 aliphatic rings. The highest BCUT2D eigenvalue weighted by Gasteiger charge is 2.52. The molecule has 2 heterocycles. The molecule has 14 N–H and O–H groups in total. The molecule has 1 aliphatic carbocycles. The third-order valence-corrected chi connectivity index (χ3v) is 15.0. The summed E-state index contributed by atoms with van der Waals surface area (Å²) >= 11 is 15.1. The van der Waals surface area contributed by atoms with Crippen molar-refractivity contribution < 1.29 is 38.4 Å². The predicted octanol–water partition coefficient (Wildman–Crippen LogP) is 2.00. The minimum Gasteiger partial charge on any atom is -0.368 e. The van der Waals surface area contributed by atoms with Crippen LogP contribution in [0, 0.1) is 0 Å². The number of pyridine rings is 1. The van der Waals surface area contributed by atoms with Crippen LogP contribution in [-0.4, -0.2) is 123 Å². The van der Waals surface area contributed by atoms with E-state index in [9.17, 15) is 38.4 Å². The molecule has 4 aromatic carbocycles. The fourth-order valence-electron chi connectivity index (χ4n) is 9.18. The van der Waals surface area contributed by atoms with E-state index in [0.29, 0.717) is 34.6 Å². The molecule has 0 aliphatic heterocycles. The Kier molecular flexibility index (Phi) is 21.5. The summed E-state index contributed by atoms with van der Waals surface area (Å²) in [6.45, 7) is 0.283. The fraction of sp³-hybridized carbons (Fsp3) is 0.351. The van der Waals surface area contributed by atoms with Crippen LogP contribution in [0.5, 0.6) is 0 Å². The van der Waals surface area contributed by atoms with Crippen LogP contribution in [0.25, 0.3) is 21.7 Å². The van der Waals surface area contributed by atoms with Crippen LogP contribution in [-0.2, 0) is 64.0 Å². The van der Waals surface area contributed by atoms with Gasteiger partial charge in [0.05, 0.1) is 6.04 Å². The minimum atomic E-state index is -1.38. The zero-order chi connectivity index (χ0) is 57.3. The Morgan fingerprint density at radius 2 is 1.20 bits per heavy atom. The minimum absolute atomic E-state index is 0.0268. The summed E-state index contributed by atoms with van der Waals surface area (Å²) < 4.78 is 0. The Morgan fingerprint density at radius 1 is 0.600 bits per heavy atom. The molecule has 7 rings (SSSR count). The maximum atomic E-state index is 14.6. The molecule has 1 fully saturated rings. The Bertz CT molecular complexity index is 3180. The van der Waals surface area contributed by atoms with Crippen molar-refractivity contribution in [2.75, 3.05) is 18.1 Å². The number of nitrogens with zero attached hydrogens (tertiary/aromatic N) is 1. The topological polar surface area (TPSA) is 328 Å². The van der Waals surface area contributed by atoms with Crippen molar-refractivity contribution in [3.63, 3.8) is 0 Å². The summed E-state index contributed by atoms with van der Waals surface area (Å²) in [4.78, 5) is 119. The smallest absolute Gasteiger partial charge is 0.246 e. The normalized spacial score (nSPS) is 15.2. The van der Waals surface area contributed by atoms with Crippen molar-refractivity contribution >= 4 is 106 Å². The monoisotopic (exact) mass is 1150 g/mol. The van der Waals surface area contributed by atoms with E-state index >= 15 is 0 Å². The number of halogens is 1. The molecule has 20 nitrogen and oxygen atoms in total. The average molecular weight is 1150 g/mol. The van der Waals surface area contributed by atoms with E-state index in [1.807, 2.05) is 66.7 Å². The first-order valence-electron chi connectivity index (χ1n) is 26.3. The number of aromatic amines is 1. The number of para-hydroxylation sites is 1. The van der Waals surface area contributed by atoms with Gasteiger partial charge in [-0.3, -0.25) is 43.3 Å². The highest BCUT2D eigenvalue weighted by molar-refractivity contribution is 7.80. The quantitative estimate of drug-likeness (QED) is 0.0238. The van der Waals surface area contributed by atoms with Crippen molar-refractivity contribution in [3.8, 4) is 0 Å². The molecule has 0 radical (unpaired) electrons. The van der Waals surface area contributed by atoms with Crippen LogP contribution in [0.3, 0.4) is 0 Å². The molecule has 0 unspecified atom stereocenters. The zero-order valence-electron chi connectivity index (χ0n) is 43.8. The molecule has 80 heavy (non-hydrogen) atoms. The molecular formula is C57H67ClN12O8S2. The molecule has 0 bridgehead atoms. The number of amides is 8. The Morgan fingerprint density at radius 3 is 1.88 bits per heavy atom. The summed E-state index contributed by atoms with van der Waals surface area (Å²) in [5.74, 6) is -6.29. The van der Waals surface area contributed by atoms with Crippen LogP contribution in [0.15, 0.2) is 122 Å². The lowest BCUT2D eigenvalue weighted by atomic mass is 10.0. The van der Waals surface area contributed by atoms with Crippen molar-refractivity contribution in [3.05, 3.63) is 149 Å². The van der Waals surface area contributed by atoms with Crippen LogP contribution < -0.4 is 54.4 Å². The van der Waals surface area contributed by atoms with Crippen LogP contribution >= 0.6 is 36.9 Å². The number of thiol groups is 2. The van der Waals surface area contributed by atoms with Crippen molar-refractivity contribution in [2.45, 2.75) is 106 Å². The first kappa shape index (κ1) is 60.1. The third-order valence-electron chi connectivity index (χ3n) is 13.9. The van der Waals surface area contributed by atoms with E-state index in [-0.39, 0.29) is 63.0 Å². The van der Waals surface area contributed by atoms with Gasteiger partial charge in [-0.25, -0.2) is 0 Å². The Labute approximate surface area is 478 Å². The molecule has 0 saturated heterocycles. The average Bonchev–Trinajstić information content (AvgIpc) is 4.20. The number of primary amides is 1. The highest BCUT2D eigenvalue weighted by atomic mass is 35.5. The zero-order valence-corrected chi connectivity index (χ0v) is 46.3. The van der Waals surface area contributed by atoms with Gasteiger partial charge in [-0.1, -0.05) is 96.5 Å². The molecule has 6 aromatic rings. The Hall–Kier alpha value is -7.50. The van der Waals surface area contributed by atoms with Gasteiger partial charge in [0.1, 0.15) is 41.8 Å². The van der Waals surface area contributed by atoms with Gasteiger partial charge in [0.15, 0.2) is 0 Å². The van der Waals surface area contributed by atoms with E-state index in [0.717, 1.165) is 27.2 Å². The number of carbonyl (C=O) groups excluding carboxylic acids is 8.